The number of halogens is 5. The van der Waals surface area contributed by atoms with Crippen LogP contribution in [0.4, 0.5) is 17.6 Å². The zero-order valence-corrected chi connectivity index (χ0v) is 7.55. The van der Waals surface area contributed by atoms with Gasteiger partial charge >= 0.3 is 0 Å². The van der Waals surface area contributed by atoms with Crippen molar-refractivity contribution in [2.24, 2.45) is 0 Å². The number of Topliss-reactive ketones (excluding diaryl/α,β-unsaturated/α-hetero) is 1. The zero-order chi connectivity index (χ0) is 11.0. The second-order valence-electron chi connectivity index (χ2n) is 2.50. The molecule has 14 heavy (non-hydrogen) atoms. The Labute approximate surface area is 81.3 Å². The SMILES string of the molecule is CC(=O)c1c(F)c(F)c(F)c(Cl)c1F. The molecule has 0 radical (unpaired) electrons. The molecule has 0 fully saturated rings. The van der Waals surface area contributed by atoms with E-state index < -0.39 is 39.6 Å². The van der Waals surface area contributed by atoms with Gasteiger partial charge in [-0.25, -0.2) is 17.6 Å². The minimum Gasteiger partial charge on any atom is -0.294 e. The molecule has 1 aromatic rings. The number of hydrogen-bond donors (Lipinski definition) is 0. The first-order valence-electron chi connectivity index (χ1n) is 3.40. The largest absolute Gasteiger partial charge is 0.294 e. The Morgan fingerprint density at radius 3 is 1.93 bits per heavy atom. The Bertz CT molecular complexity index is 387. The van der Waals surface area contributed by atoms with Crippen LogP contribution in [0.3, 0.4) is 0 Å². The average Bonchev–Trinajstić information content (AvgIpc) is 2.11. The van der Waals surface area contributed by atoms with E-state index in [0.29, 0.717) is 0 Å². The first-order chi connectivity index (χ1) is 6.37. The number of rotatable bonds is 1. The summed E-state index contributed by atoms with van der Waals surface area (Å²) in [4.78, 5) is 10.7. The first kappa shape index (κ1) is 11.0. The average molecular weight is 227 g/mol. The van der Waals surface area contributed by atoms with E-state index in [1.54, 1.807) is 0 Å². The second-order valence-corrected chi connectivity index (χ2v) is 2.88. The van der Waals surface area contributed by atoms with Crippen LogP contribution >= 0.6 is 11.6 Å². The van der Waals surface area contributed by atoms with E-state index in [-0.39, 0.29) is 0 Å². The summed E-state index contributed by atoms with van der Waals surface area (Å²) < 4.78 is 51.0. The Kier molecular flexibility index (Phi) is 2.80. The highest BCUT2D eigenvalue weighted by Gasteiger charge is 2.26. The van der Waals surface area contributed by atoms with E-state index in [1.807, 2.05) is 0 Å². The highest BCUT2D eigenvalue weighted by atomic mass is 35.5. The highest BCUT2D eigenvalue weighted by molar-refractivity contribution is 6.31. The van der Waals surface area contributed by atoms with Crippen molar-refractivity contribution < 1.29 is 22.4 Å². The van der Waals surface area contributed by atoms with Crippen LogP contribution in [-0.4, -0.2) is 5.78 Å². The molecule has 6 heteroatoms. The Morgan fingerprint density at radius 2 is 1.50 bits per heavy atom. The summed E-state index contributed by atoms with van der Waals surface area (Å²) in [6.07, 6.45) is 0. The van der Waals surface area contributed by atoms with Crippen LogP contribution in [-0.2, 0) is 0 Å². The molecule has 0 saturated carbocycles. The molecule has 0 heterocycles. The van der Waals surface area contributed by atoms with Gasteiger partial charge < -0.3 is 0 Å². The molecule has 0 saturated heterocycles. The third-order valence-corrected chi connectivity index (χ3v) is 1.89. The molecule has 1 rings (SSSR count). The van der Waals surface area contributed by atoms with Gasteiger partial charge in [0.25, 0.3) is 0 Å². The molecule has 1 nitrogen and oxygen atoms in total. The number of hydrogen-bond acceptors (Lipinski definition) is 1. The van der Waals surface area contributed by atoms with E-state index in [1.165, 1.54) is 0 Å². The van der Waals surface area contributed by atoms with Gasteiger partial charge in [-0.1, -0.05) is 11.6 Å². The van der Waals surface area contributed by atoms with Gasteiger partial charge in [0, 0.05) is 0 Å². The molecular weight excluding hydrogens is 224 g/mol. The smallest absolute Gasteiger partial charge is 0.196 e. The molecule has 0 amide bonds. The van der Waals surface area contributed by atoms with Crippen molar-refractivity contribution in [2.75, 3.05) is 0 Å². The summed E-state index contributed by atoms with van der Waals surface area (Å²) in [7, 11) is 0. The summed E-state index contributed by atoms with van der Waals surface area (Å²) in [6.45, 7) is 0.815. The van der Waals surface area contributed by atoms with Crippen LogP contribution in [0.25, 0.3) is 0 Å². The maximum Gasteiger partial charge on any atom is 0.196 e. The Morgan fingerprint density at radius 1 is 1.00 bits per heavy atom. The molecule has 1 aromatic carbocycles. The van der Waals surface area contributed by atoms with Crippen molar-refractivity contribution in [2.45, 2.75) is 6.92 Å². The predicted molar refractivity (Wildman–Crippen MR) is 41.3 cm³/mol. The van der Waals surface area contributed by atoms with Crippen molar-refractivity contribution in [1.29, 1.82) is 0 Å². The van der Waals surface area contributed by atoms with Crippen LogP contribution in [0.2, 0.25) is 5.02 Å². The van der Waals surface area contributed by atoms with Crippen LogP contribution in [0.15, 0.2) is 0 Å². The lowest BCUT2D eigenvalue weighted by Gasteiger charge is -2.05. The predicted octanol–water partition coefficient (Wildman–Crippen LogP) is 3.10. The van der Waals surface area contributed by atoms with Gasteiger partial charge in [-0.3, -0.25) is 4.79 Å². The third kappa shape index (κ3) is 1.48. The van der Waals surface area contributed by atoms with E-state index in [0.717, 1.165) is 6.92 Å². The van der Waals surface area contributed by atoms with Gasteiger partial charge in [-0.2, -0.15) is 0 Å². The fraction of sp³-hybridized carbons (Fsp3) is 0.125. The molecule has 0 aliphatic heterocycles. The van der Waals surface area contributed by atoms with Gasteiger partial charge in [-0.15, -0.1) is 0 Å². The third-order valence-electron chi connectivity index (χ3n) is 1.56. The normalized spacial score (nSPS) is 10.4. The van der Waals surface area contributed by atoms with Crippen LogP contribution < -0.4 is 0 Å². The van der Waals surface area contributed by atoms with E-state index in [4.69, 9.17) is 11.6 Å². The van der Waals surface area contributed by atoms with Crippen molar-refractivity contribution >= 4 is 17.4 Å². The quantitative estimate of drug-likeness (QED) is 0.311. The lowest BCUT2D eigenvalue weighted by molar-refractivity contribution is 0.100. The van der Waals surface area contributed by atoms with Crippen molar-refractivity contribution in [3.63, 3.8) is 0 Å². The standard InChI is InChI=1S/C8H3ClF4O/c1-2(14)3-5(10)4(9)7(12)8(13)6(3)11/h1H3. The molecule has 0 aromatic heterocycles. The minimum absolute atomic E-state index is 0.815. The van der Waals surface area contributed by atoms with Crippen molar-refractivity contribution in [1.82, 2.24) is 0 Å². The lowest BCUT2D eigenvalue weighted by Crippen LogP contribution is -2.07. The number of carbonyl (C=O) groups excluding carboxylic acids is 1. The van der Waals surface area contributed by atoms with Gasteiger partial charge in [0.05, 0.1) is 5.56 Å². The monoisotopic (exact) mass is 226 g/mol. The van der Waals surface area contributed by atoms with Gasteiger partial charge in [0.15, 0.2) is 29.1 Å². The molecule has 0 atom stereocenters. The summed E-state index contributed by atoms with van der Waals surface area (Å²) >= 11 is 5.00. The minimum atomic E-state index is -1.96. The number of carbonyl (C=O) groups is 1. The molecule has 0 spiro atoms. The lowest BCUT2D eigenvalue weighted by atomic mass is 10.1. The summed E-state index contributed by atoms with van der Waals surface area (Å²) in [6, 6.07) is 0. The second kappa shape index (κ2) is 3.57. The Hall–Kier alpha value is -1.10. The number of benzene rings is 1. The molecule has 0 aliphatic rings. The van der Waals surface area contributed by atoms with Gasteiger partial charge in [0.1, 0.15) is 5.02 Å². The summed E-state index contributed by atoms with van der Waals surface area (Å²) in [5.74, 6) is -8.32. The van der Waals surface area contributed by atoms with E-state index in [2.05, 4.69) is 0 Å². The van der Waals surface area contributed by atoms with E-state index >= 15 is 0 Å². The van der Waals surface area contributed by atoms with Crippen LogP contribution in [0.5, 0.6) is 0 Å². The number of ketones is 1. The zero-order valence-electron chi connectivity index (χ0n) is 6.80. The van der Waals surface area contributed by atoms with Gasteiger partial charge in [0.2, 0.25) is 0 Å². The molecule has 0 bridgehead atoms. The molecular formula is C8H3ClF4O. The topological polar surface area (TPSA) is 17.1 Å². The van der Waals surface area contributed by atoms with Crippen LogP contribution in [0, 0.1) is 23.3 Å². The highest BCUT2D eigenvalue weighted by Crippen LogP contribution is 2.27. The first-order valence-corrected chi connectivity index (χ1v) is 3.78. The fourth-order valence-corrected chi connectivity index (χ4v) is 1.09. The molecule has 0 N–H and O–H groups in total. The summed E-state index contributed by atoms with van der Waals surface area (Å²) in [5.41, 5.74) is -1.17. The maximum atomic E-state index is 13.0. The molecule has 0 aliphatic carbocycles. The van der Waals surface area contributed by atoms with Crippen molar-refractivity contribution in [3.8, 4) is 0 Å². The molecule has 76 valence electrons. The van der Waals surface area contributed by atoms with E-state index in [9.17, 15) is 22.4 Å². The molecule has 0 unspecified atom stereocenters. The Balaban J connectivity index is 3.68. The summed E-state index contributed by atoms with van der Waals surface area (Å²) in [5, 5.41) is -1.23. The van der Waals surface area contributed by atoms with Gasteiger partial charge in [-0.05, 0) is 6.92 Å². The fourth-order valence-electron chi connectivity index (χ4n) is 0.914. The van der Waals surface area contributed by atoms with Crippen LogP contribution in [0.1, 0.15) is 17.3 Å². The maximum absolute atomic E-state index is 13.0. The van der Waals surface area contributed by atoms with Crippen molar-refractivity contribution in [3.05, 3.63) is 33.9 Å².